The monoisotopic (exact) mass is 330 g/mol. The standard InChI is InChI=1S/C16H26N8/c1-23(2)14-7-9-24(11-14)8-3-4-13-6-5-12(10-19-13)16(18)20-15(17)21-22-16/h3-6,10,14,22H,7-9,11,18H2,1-2H3,(H3,17,20,21). The average molecular weight is 330 g/mol. The number of nitrogens with two attached hydrogens (primary N) is 2. The van der Waals surface area contributed by atoms with Gasteiger partial charge in [0, 0.05) is 37.4 Å². The van der Waals surface area contributed by atoms with Crippen LogP contribution in [0.25, 0.3) is 6.08 Å². The van der Waals surface area contributed by atoms with E-state index in [0.717, 1.165) is 30.9 Å². The van der Waals surface area contributed by atoms with Crippen LogP contribution in [0.2, 0.25) is 0 Å². The summed E-state index contributed by atoms with van der Waals surface area (Å²) in [5.41, 5.74) is 18.9. The Morgan fingerprint density at radius 3 is 2.88 bits per heavy atom. The number of nitrogens with zero attached hydrogens (tertiary/aromatic N) is 4. The maximum atomic E-state index is 6.13. The normalized spacial score (nSPS) is 27.8. The first-order valence-corrected chi connectivity index (χ1v) is 8.15. The van der Waals surface area contributed by atoms with E-state index in [0.29, 0.717) is 6.04 Å². The lowest BCUT2D eigenvalue weighted by atomic mass is 10.1. The molecule has 1 saturated heterocycles. The van der Waals surface area contributed by atoms with Gasteiger partial charge in [0.1, 0.15) is 0 Å². The Labute approximate surface area is 142 Å². The number of guanidine groups is 1. The lowest BCUT2D eigenvalue weighted by molar-refractivity contribution is 0.280. The van der Waals surface area contributed by atoms with E-state index >= 15 is 0 Å². The summed E-state index contributed by atoms with van der Waals surface area (Å²) in [4.78, 5) is 13.3. The Kier molecular flexibility index (Phi) is 4.81. The van der Waals surface area contributed by atoms with Gasteiger partial charge in [0.2, 0.25) is 11.7 Å². The van der Waals surface area contributed by atoms with Crippen molar-refractivity contribution in [2.75, 3.05) is 33.7 Å². The summed E-state index contributed by atoms with van der Waals surface area (Å²) >= 11 is 0. The van der Waals surface area contributed by atoms with E-state index in [2.05, 4.69) is 50.8 Å². The summed E-state index contributed by atoms with van der Waals surface area (Å²) in [5, 5.41) is 0. The van der Waals surface area contributed by atoms with Crippen molar-refractivity contribution < 1.29 is 0 Å². The molecule has 2 aliphatic heterocycles. The first kappa shape index (κ1) is 16.8. The largest absolute Gasteiger partial charge is 0.369 e. The van der Waals surface area contributed by atoms with Crippen LogP contribution in [-0.4, -0.2) is 60.5 Å². The molecule has 24 heavy (non-hydrogen) atoms. The Balaban J connectivity index is 1.55. The van der Waals surface area contributed by atoms with Crippen molar-refractivity contribution >= 4 is 12.0 Å². The molecule has 0 aliphatic carbocycles. The fourth-order valence-corrected chi connectivity index (χ4v) is 2.99. The zero-order valence-electron chi connectivity index (χ0n) is 14.2. The van der Waals surface area contributed by atoms with Gasteiger partial charge in [-0.1, -0.05) is 12.1 Å². The molecule has 0 saturated carbocycles. The summed E-state index contributed by atoms with van der Waals surface area (Å²) in [6.07, 6.45) is 7.14. The van der Waals surface area contributed by atoms with E-state index in [1.54, 1.807) is 6.20 Å². The smallest absolute Gasteiger partial charge is 0.210 e. The highest BCUT2D eigenvalue weighted by Crippen LogP contribution is 2.18. The van der Waals surface area contributed by atoms with E-state index in [9.17, 15) is 0 Å². The van der Waals surface area contributed by atoms with Crippen molar-refractivity contribution in [2.24, 2.45) is 16.5 Å². The minimum Gasteiger partial charge on any atom is -0.369 e. The van der Waals surface area contributed by atoms with Gasteiger partial charge in [0.05, 0.1) is 5.69 Å². The second-order valence-corrected chi connectivity index (χ2v) is 6.55. The van der Waals surface area contributed by atoms with Crippen LogP contribution in [-0.2, 0) is 5.79 Å². The van der Waals surface area contributed by atoms with Crippen LogP contribution in [0.3, 0.4) is 0 Å². The average Bonchev–Trinajstić information content (AvgIpc) is 3.16. The summed E-state index contributed by atoms with van der Waals surface area (Å²) in [5.74, 6) is -0.793. The quantitative estimate of drug-likeness (QED) is 0.561. The third-order valence-corrected chi connectivity index (χ3v) is 4.53. The van der Waals surface area contributed by atoms with Gasteiger partial charge in [-0.15, -0.1) is 0 Å². The second-order valence-electron chi connectivity index (χ2n) is 6.55. The van der Waals surface area contributed by atoms with Crippen LogP contribution < -0.4 is 22.3 Å². The van der Waals surface area contributed by atoms with Gasteiger partial charge in [-0.2, -0.15) is 5.43 Å². The van der Waals surface area contributed by atoms with Gasteiger partial charge in [-0.3, -0.25) is 21.0 Å². The van der Waals surface area contributed by atoms with E-state index in [4.69, 9.17) is 11.5 Å². The van der Waals surface area contributed by atoms with Crippen LogP contribution >= 0.6 is 0 Å². The molecule has 3 rings (SSSR count). The third-order valence-electron chi connectivity index (χ3n) is 4.53. The Hall–Kier alpha value is -2.00. The van der Waals surface area contributed by atoms with E-state index in [1.807, 2.05) is 18.2 Å². The first-order chi connectivity index (χ1) is 11.5. The third kappa shape index (κ3) is 3.73. The molecule has 0 spiro atoms. The highest BCUT2D eigenvalue weighted by Gasteiger charge is 2.31. The Bertz CT molecular complexity index is 623. The van der Waals surface area contributed by atoms with Crippen LogP contribution in [0, 0.1) is 0 Å². The zero-order chi connectivity index (χ0) is 17.2. The molecule has 2 aliphatic rings. The summed E-state index contributed by atoms with van der Waals surface area (Å²) < 4.78 is 0. The number of hydrogen-bond donors (Lipinski definition) is 4. The fourth-order valence-electron chi connectivity index (χ4n) is 2.99. The van der Waals surface area contributed by atoms with E-state index in [1.165, 1.54) is 6.42 Å². The van der Waals surface area contributed by atoms with Crippen molar-refractivity contribution in [3.05, 3.63) is 35.7 Å². The predicted octanol–water partition coefficient (Wildman–Crippen LogP) is -0.778. The van der Waals surface area contributed by atoms with Gasteiger partial charge in [-0.05, 0) is 32.7 Å². The lowest BCUT2D eigenvalue weighted by Gasteiger charge is -2.20. The number of hydrazine groups is 1. The molecule has 130 valence electrons. The van der Waals surface area contributed by atoms with Crippen LogP contribution in [0.4, 0.5) is 0 Å². The lowest BCUT2D eigenvalue weighted by Crippen LogP contribution is -2.50. The Morgan fingerprint density at radius 2 is 2.29 bits per heavy atom. The highest BCUT2D eigenvalue weighted by atomic mass is 15.6. The van der Waals surface area contributed by atoms with Crippen molar-refractivity contribution in [1.82, 2.24) is 25.6 Å². The number of nitrogens with one attached hydrogen (secondary N) is 2. The molecule has 1 aromatic heterocycles. The minimum atomic E-state index is -1.06. The summed E-state index contributed by atoms with van der Waals surface area (Å²) in [6.45, 7) is 3.21. The molecule has 8 nitrogen and oxygen atoms in total. The summed E-state index contributed by atoms with van der Waals surface area (Å²) in [6, 6.07) is 4.50. The van der Waals surface area contributed by atoms with Crippen molar-refractivity contribution in [3.63, 3.8) is 0 Å². The van der Waals surface area contributed by atoms with E-state index < -0.39 is 5.79 Å². The minimum absolute atomic E-state index is 0.267. The van der Waals surface area contributed by atoms with Crippen LogP contribution in [0.5, 0.6) is 0 Å². The molecule has 0 radical (unpaired) electrons. The molecular weight excluding hydrogens is 304 g/mol. The highest BCUT2D eigenvalue weighted by molar-refractivity contribution is 5.79. The molecule has 0 aromatic carbocycles. The number of pyridine rings is 1. The number of hydrogen-bond acceptors (Lipinski definition) is 8. The van der Waals surface area contributed by atoms with Crippen molar-refractivity contribution in [2.45, 2.75) is 18.2 Å². The molecular formula is C16H26N8. The molecule has 2 unspecified atom stereocenters. The molecule has 0 bridgehead atoms. The maximum absolute atomic E-state index is 6.13. The van der Waals surface area contributed by atoms with Crippen LogP contribution in [0.15, 0.2) is 29.4 Å². The zero-order valence-corrected chi connectivity index (χ0v) is 14.2. The van der Waals surface area contributed by atoms with Crippen LogP contribution in [0.1, 0.15) is 17.7 Å². The predicted molar refractivity (Wildman–Crippen MR) is 95.6 cm³/mol. The van der Waals surface area contributed by atoms with Gasteiger partial charge < -0.3 is 10.6 Å². The molecule has 1 fully saturated rings. The van der Waals surface area contributed by atoms with Gasteiger partial charge in [-0.25, -0.2) is 4.99 Å². The number of likely N-dealkylation sites (tertiary alicyclic amines) is 1. The van der Waals surface area contributed by atoms with Gasteiger partial charge in [0.15, 0.2) is 0 Å². The molecule has 8 heteroatoms. The van der Waals surface area contributed by atoms with Gasteiger partial charge >= 0.3 is 0 Å². The second kappa shape index (κ2) is 6.86. The van der Waals surface area contributed by atoms with Gasteiger partial charge in [0.25, 0.3) is 0 Å². The number of aromatic nitrogens is 1. The SMILES string of the molecule is CN(C)C1CCN(CC=Cc2ccc(C3(N)N=C(N)NN3)cn2)C1. The number of rotatable bonds is 5. The topological polar surface area (TPSA) is 108 Å². The maximum Gasteiger partial charge on any atom is 0.210 e. The fraction of sp³-hybridized carbons (Fsp3) is 0.500. The van der Waals surface area contributed by atoms with E-state index in [-0.39, 0.29) is 5.96 Å². The van der Waals surface area contributed by atoms with Crippen molar-refractivity contribution in [1.29, 1.82) is 0 Å². The molecule has 1 aromatic rings. The Morgan fingerprint density at radius 1 is 1.46 bits per heavy atom. The summed E-state index contributed by atoms with van der Waals surface area (Å²) in [7, 11) is 4.29. The molecule has 2 atom stereocenters. The molecule has 0 amide bonds. The first-order valence-electron chi connectivity index (χ1n) is 8.15. The number of likely N-dealkylation sites (N-methyl/N-ethyl adjacent to an activating group) is 1. The van der Waals surface area contributed by atoms with Crippen molar-refractivity contribution in [3.8, 4) is 0 Å². The molecule has 3 heterocycles. The number of aliphatic imine (C=N–C) groups is 1. The molecule has 6 N–H and O–H groups in total.